The lowest BCUT2D eigenvalue weighted by atomic mass is 10.1. The molecule has 3 aromatic rings. The molecule has 0 saturated carbocycles. The third-order valence-electron chi connectivity index (χ3n) is 3.72. The highest BCUT2D eigenvalue weighted by Gasteiger charge is 2.03. The molecule has 156 valence electrons. The van der Waals surface area contributed by atoms with E-state index in [2.05, 4.69) is 47.8 Å². The third-order valence-corrected chi connectivity index (χ3v) is 6.30. The van der Waals surface area contributed by atoms with E-state index >= 15 is 0 Å². The Morgan fingerprint density at radius 1 is 0.900 bits per heavy atom. The van der Waals surface area contributed by atoms with Crippen molar-refractivity contribution in [3.05, 3.63) is 96.3 Å². The minimum absolute atomic E-state index is 0.338. The van der Waals surface area contributed by atoms with Gasteiger partial charge in [-0.2, -0.15) is 0 Å². The molecule has 0 radical (unpaired) electrons. The summed E-state index contributed by atoms with van der Waals surface area (Å²) in [7, 11) is 0. The predicted octanol–water partition coefficient (Wildman–Crippen LogP) is 9.20. The van der Waals surface area contributed by atoms with Gasteiger partial charge in [-0.25, -0.2) is 0 Å². The summed E-state index contributed by atoms with van der Waals surface area (Å²) < 4.78 is 7.20. The number of ether oxygens (including phenoxy) is 1. The number of alkyl halides is 1. The normalized spacial score (nSPS) is 10.5. The van der Waals surface area contributed by atoms with Gasteiger partial charge >= 0.3 is 5.97 Å². The first-order chi connectivity index (χ1) is 14.3. The minimum atomic E-state index is -0.338. The Kier molecular flexibility index (Phi) is 10.6. The topological polar surface area (TPSA) is 26.3 Å². The van der Waals surface area contributed by atoms with Gasteiger partial charge in [0, 0.05) is 36.8 Å². The summed E-state index contributed by atoms with van der Waals surface area (Å²) in [6, 6.07) is 18.6. The monoisotopic (exact) mass is 632 g/mol. The highest BCUT2D eigenvalue weighted by Crippen LogP contribution is 2.26. The van der Waals surface area contributed by atoms with Crippen LogP contribution in [0.4, 0.5) is 0 Å². The summed E-state index contributed by atoms with van der Waals surface area (Å²) in [5, 5.41) is 2.27. The van der Waals surface area contributed by atoms with Crippen LogP contribution in [-0.4, -0.2) is 5.97 Å². The van der Waals surface area contributed by atoms with Crippen LogP contribution in [0.15, 0.2) is 69.6 Å². The number of carbonyl (C=O) groups is 1. The molecule has 0 unspecified atom stereocenters. The zero-order valence-corrected chi connectivity index (χ0v) is 22.1. The van der Waals surface area contributed by atoms with Crippen LogP contribution in [-0.2, 0) is 10.1 Å². The number of esters is 1. The second-order valence-corrected chi connectivity index (χ2v) is 9.14. The van der Waals surface area contributed by atoms with Crippen molar-refractivity contribution in [2.75, 3.05) is 0 Å². The average molecular weight is 636 g/mol. The van der Waals surface area contributed by atoms with Crippen molar-refractivity contribution in [3.8, 4) is 5.75 Å². The Morgan fingerprint density at radius 3 is 2.13 bits per heavy atom. The molecule has 0 bridgehead atoms. The lowest BCUT2D eigenvalue weighted by Crippen LogP contribution is -2.02. The van der Waals surface area contributed by atoms with Crippen LogP contribution in [0.1, 0.15) is 23.6 Å². The van der Waals surface area contributed by atoms with Crippen LogP contribution in [0.25, 0.3) is 12.2 Å². The van der Waals surface area contributed by atoms with Crippen molar-refractivity contribution in [1.82, 2.24) is 0 Å². The van der Waals surface area contributed by atoms with Crippen LogP contribution in [0.5, 0.6) is 5.75 Å². The highest BCUT2D eigenvalue weighted by molar-refractivity contribution is 9.11. The zero-order valence-electron chi connectivity index (χ0n) is 15.8. The summed E-state index contributed by atoms with van der Waals surface area (Å²) in [4.78, 5) is 11.1. The van der Waals surface area contributed by atoms with Crippen LogP contribution in [0.2, 0.25) is 10.0 Å². The Balaban J connectivity index is 0.000000269. The van der Waals surface area contributed by atoms with E-state index < -0.39 is 0 Å². The molecular weight excluding hydrogens is 619 g/mol. The molecule has 0 aliphatic rings. The molecule has 7 heteroatoms. The number of hydrogen-bond donors (Lipinski definition) is 0. The molecule has 30 heavy (non-hydrogen) atoms. The fourth-order valence-corrected chi connectivity index (χ4v) is 4.31. The van der Waals surface area contributed by atoms with E-state index in [0.29, 0.717) is 10.8 Å². The number of benzene rings is 3. The van der Waals surface area contributed by atoms with E-state index in [1.807, 2.05) is 66.7 Å². The fraction of sp³-hybridized carbons (Fsp3) is 0.0870. The molecule has 0 heterocycles. The summed E-state index contributed by atoms with van der Waals surface area (Å²) in [5.41, 5.74) is 2.96. The predicted molar refractivity (Wildman–Crippen MR) is 138 cm³/mol. The van der Waals surface area contributed by atoms with Gasteiger partial charge in [0.15, 0.2) is 0 Å². The van der Waals surface area contributed by atoms with Crippen molar-refractivity contribution < 1.29 is 9.53 Å². The average Bonchev–Trinajstić information content (AvgIpc) is 2.71. The van der Waals surface area contributed by atoms with Crippen molar-refractivity contribution in [1.29, 1.82) is 0 Å². The number of hydrogen-bond acceptors (Lipinski definition) is 2. The summed E-state index contributed by atoms with van der Waals surface area (Å²) in [6.45, 7) is 1.38. The first-order valence-corrected chi connectivity index (χ1v) is 12.2. The van der Waals surface area contributed by atoms with E-state index in [9.17, 15) is 4.79 Å². The summed E-state index contributed by atoms with van der Waals surface area (Å²) in [6.07, 6.45) is 3.80. The molecule has 0 spiro atoms. The van der Waals surface area contributed by atoms with Gasteiger partial charge in [0.25, 0.3) is 0 Å². The van der Waals surface area contributed by atoms with Gasteiger partial charge in [0.05, 0.1) is 0 Å². The number of para-hydroxylation sites is 1. The van der Waals surface area contributed by atoms with Gasteiger partial charge in [-0.15, -0.1) is 0 Å². The van der Waals surface area contributed by atoms with Gasteiger partial charge in [-0.3, -0.25) is 4.79 Å². The Hall–Kier alpha value is -1.11. The lowest BCUT2D eigenvalue weighted by molar-refractivity contribution is -0.131. The Labute approximate surface area is 211 Å². The van der Waals surface area contributed by atoms with Gasteiger partial charge in [0.1, 0.15) is 5.75 Å². The molecule has 0 aliphatic carbocycles. The molecule has 0 aromatic heterocycles. The van der Waals surface area contributed by atoms with E-state index in [-0.39, 0.29) is 5.97 Å². The number of rotatable bonds is 4. The van der Waals surface area contributed by atoms with Crippen LogP contribution >= 0.6 is 71.0 Å². The second-order valence-electron chi connectivity index (χ2n) is 6.00. The smallest absolute Gasteiger partial charge is 0.308 e. The Bertz CT molecular complexity index is 1050. The maximum absolute atomic E-state index is 11.1. The van der Waals surface area contributed by atoms with Crippen molar-refractivity contribution in [3.63, 3.8) is 0 Å². The molecule has 2 nitrogen and oxygen atoms in total. The van der Waals surface area contributed by atoms with Crippen molar-refractivity contribution >= 4 is 89.1 Å². The van der Waals surface area contributed by atoms with Gasteiger partial charge in [-0.1, -0.05) is 101 Å². The molecule has 0 fully saturated rings. The zero-order chi connectivity index (χ0) is 22.1. The lowest BCUT2D eigenvalue weighted by Gasteiger charge is -2.05. The minimum Gasteiger partial charge on any atom is -0.426 e. The molecular formula is C23H17Br3Cl2O2. The number of carbonyl (C=O) groups excluding carboxylic acids is 1. The summed E-state index contributed by atoms with van der Waals surface area (Å²) in [5.74, 6) is 0.198. The Morgan fingerprint density at radius 2 is 1.50 bits per heavy atom. The quantitative estimate of drug-likeness (QED) is 0.124. The van der Waals surface area contributed by atoms with Crippen molar-refractivity contribution in [2.24, 2.45) is 0 Å². The molecule has 0 aliphatic heterocycles. The van der Waals surface area contributed by atoms with Crippen molar-refractivity contribution in [2.45, 2.75) is 12.3 Å². The first kappa shape index (κ1) is 25.2. The number of halogens is 5. The fourth-order valence-electron chi connectivity index (χ4n) is 2.33. The molecule has 0 atom stereocenters. The van der Waals surface area contributed by atoms with Crippen LogP contribution in [0.3, 0.4) is 0 Å². The molecule has 3 aromatic carbocycles. The van der Waals surface area contributed by atoms with E-state index in [4.69, 9.17) is 27.9 Å². The SMILES string of the molecule is CC(=O)Oc1ccccc1C=Cc1cc(Cl)ccc1Br.Clc1ccc(Br)c(CBr)c1. The maximum Gasteiger partial charge on any atom is 0.308 e. The highest BCUT2D eigenvalue weighted by atomic mass is 79.9. The second kappa shape index (κ2) is 12.7. The van der Waals surface area contributed by atoms with Gasteiger partial charge < -0.3 is 4.74 Å². The van der Waals surface area contributed by atoms with E-state index in [1.54, 1.807) is 6.07 Å². The largest absolute Gasteiger partial charge is 0.426 e. The van der Waals surface area contributed by atoms with E-state index in [0.717, 1.165) is 30.4 Å². The van der Waals surface area contributed by atoms with Crippen LogP contribution < -0.4 is 4.74 Å². The molecule has 0 N–H and O–H groups in total. The van der Waals surface area contributed by atoms with Gasteiger partial charge in [0.2, 0.25) is 0 Å². The molecule has 0 saturated heterocycles. The maximum atomic E-state index is 11.1. The van der Waals surface area contributed by atoms with E-state index in [1.165, 1.54) is 12.5 Å². The first-order valence-electron chi connectivity index (χ1n) is 8.70. The molecule has 0 amide bonds. The molecule has 3 rings (SSSR count). The van der Waals surface area contributed by atoms with Crippen LogP contribution in [0, 0.1) is 0 Å². The summed E-state index contributed by atoms with van der Waals surface area (Å²) >= 11 is 22.0. The standard InChI is InChI=1S/C16H12BrClO2.C7H5Br2Cl/c1-11(19)20-16-5-3-2-4-12(16)6-7-13-10-14(18)8-9-15(13)17;8-4-5-3-6(10)1-2-7(5)9/h2-10H,1H3;1-3H,4H2. The van der Waals surface area contributed by atoms with Gasteiger partial charge in [-0.05, 0) is 53.6 Å². The third kappa shape index (κ3) is 8.20.